The van der Waals surface area contributed by atoms with Crippen molar-refractivity contribution in [3.63, 3.8) is 0 Å². The Hall–Kier alpha value is -3.26. The zero-order chi connectivity index (χ0) is 25.7. The second-order valence-electron chi connectivity index (χ2n) is 9.61. The van der Waals surface area contributed by atoms with Gasteiger partial charge in [0.25, 0.3) is 0 Å². The molecular formula is C28H36N2O6. The monoisotopic (exact) mass is 496 g/mol. The van der Waals surface area contributed by atoms with Gasteiger partial charge in [0, 0.05) is 32.1 Å². The van der Waals surface area contributed by atoms with E-state index in [9.17, 15) is 14.7 Å². The number of benzene rings is 2. The normalized spacial score (nSPS) is 20.9. The predicted molar refractivity (Wildman–Crippen MR) is 136 cm³/mol. The van der Waals surface area contributed by atoms with E-state index >= 15 is 0 Å². The molecule has 1 N–H and O–H groups in total. The lowest BCUT2D eigenvalue weighted by atomic mass is 9.82. The Kier molecular flexibility index (Phi) is 8.36. The largest absolute Gasteiger partial charge is 0.497 e. The van der Waals surface area contributed by atoms with E-state index in [4.69, 9.17) is 14.2 Å². The number of carboxylic acids is 1. The highest BCUT2D eigenvalue weighted by Gasteiger charge is 2.48. The quantitative estimate of drug-likeness (QED) is 0.464. The first-order valence-electron chi connectivity index (χ1n) is 12.7. The van der Waals surface area contributed by atoms with Crippen molar-refractivity contribution < 1.29 is 28.9 Å². The molecule has 0 saturated carbocycles. The van der Waals surface area contributed by atoms with Crippen molar-refractivity contribution >= 4 is 11.9 Å². The van der Waals surface area contributed by atoms with Crippen LogP contribution in [-0.2, 0) is 9.59 Å². The zero-order valence-electron chi connectivity index (χ0n) is 21.3. The summed E-state index contributed by atoms with van der Waals surface area (Å²) in [5.41, 5.74) is 1.72. The minimum atomic E-state index is -0.888. The number of fused-ring (bicyclic) bond motifs is 1. The number of ether oxygens (including phenoxy) is 3. The molecule has 0 radical (unpaired) electrons. The molecule has 0 aliphatic carbocycles. The number of carbonyl (C=O) groups is 2. The minimum absolute atomic E-state index is 0.000450. The SMILES string of the molecule is CCCCCCN(C)C(=O)CN1CC(c2ccc3c(c2)OCO3)[C@H](C(=O)O)[C@H]1c1ccc(OC)cc1. The number of likely N-dealkylation sites (N-methyl/N-ethyl adjacent to an activating group) is 1. The summed E-state index contributed by atoms with van der Waals surface area (Å²) in [6.07, 6.45) is 4.37. The summed E-state index contributed by atoms with van der Waals surface area (Å²) in [7, 11) is 3.43. The molecule has 3 atom stereocenters. The molecule has 0 bridgehead atoms. The summed E-state index contributed by atoms with van der Waals surface area (Å²) in [4.78, 5) is 29.7. The van der Waals surface area contributed by atoms with E-state index in [2.05, 4.69) is 6.92 Å². The molecule has 2 aliphatic heterocycles. The molecule has 1 amide bonds. The number of methoxy groups -OCH3 is 1. The molecule has 1 saturated heterocycles. The van der Waals surface area contributed by atoms with Crippen LogP contribution in [0, 0.1) is 5.92 Å². The van der Waals surface area contributed by atoms with Crippen LogP contribution >= 0.6 is 0 Å². The zero-order valence-corrected chi connectivity index (χ0v) is 21.3. The number of hydrogen-bond donors (Lipinski definition) is 1. The van der Waals surface area contributed by atoms with E-state index in [1.54, 1.807) is 12.0 Å². The fourth-order valence-electron chi connectivity index (χ4n) is 5.27. The van der Waals surface area contributed by atoms with Gasteiger partial charge in [-0.15, -0.1) is 0 Å². The van der Waals surface area contributed by atoms with Crippen LogP contribution in [0.1, 0.15) is 55.7 Å². The summed E-state index contributed by atoms with van der Waals surface area (Å²) in [5.74, 6) is 0.0476. The average molecular weight is 497 g/mol. The van der Waals surface area contributed by atoms with Gasteiger partial charge in [0.2, 0.25) is 12.7 Å². The van der Waals surface area contributed by atoms with Gasteiger partial charge in [0.1, 0.15) is 5.75 Å². The molecule has 0 aromatic heterocycles. The molecule has 2 aromatic carbocycles. The Morgan fingerprint density at radius 3 is 2.47 bits per heavy atom. The molecule has 2 aliphatic rings. The van der Waals surface area contributed by atoms with Crippen molar-refractivity contribution in [2.24, 2.45) is 5.92 Å². The highest BCUT2D eigenvalue weighted by molar-refractivity contribution is 5.79. The third kappa shape index (κ3) is 5.59. The molecule has 8 heteroatoms. The maximum atomic E-state index is 13.2. The summed E-state index contributed by atoms with van der Waals surface area (Å²) in [6, 6.07) is 12.6. The Labute approximate surface area is 212 Å². The molecule has 0 spiro atoms. The first-order chi connectivity index (χ1) is 17.4. The van der Waals surface area contributed by atoms with Crippen LogP contribution in [0.4, 0.5) is 0 Å². The van der Waals surface area contributed by atoms with E-state index in [1.165, 1.54) is 0 Å². The maximum Gasteiger partial charge on any atom is 0.309 e. The summed E-state index contributed by atoms with van der Waals surface area (Å²) < 4.78 is 16.3. The van der Waals surface area contributed by atoms with Gasteiger partial charge in [-0.05, 0) is 41.8 Å². The fraction of sp³-hybridized carbons (Fsp3) is 0.500. The molecule has 8 nitrogen and oxygen atoms in total. The Morgan fingerprint density at radius 2 is 1.78 bits per heavy atom. The van der Waals surface area contributed by atoms with Gasteiger partial charge < -0.3 is 24.2 Å². The highest BCUT2D eigenvalue weighted by Crippen LogP contribution is 2.47. The van der Waals surface area contributed by atoms with E-state index in [0.29, 0.717) is 30.3 Å². The second kappa shape index (κ2) is 11.6. The number of amides is 1. The molecule has 4 rings (SSSR count). The van der Waals surface area contributed by atoms with Gasteiger partial charge in [-0.25, -0.2) is 0 Å². The van der Waals surface area contributed by atoms with Crippen molar-refractivity contribution in [1.29, 1.82) is 0 Å². The molecule has 2 heterocycles. The summed E-state index contributed by atoms with van der Waals surface area (Å²) in [5, 5.41) is 10.4. The van der Waals surface area contributed by atoms with Crippen molar-refractivity contribution in [3.05, 3.63) is 53.6 Å². The highest BCUT2D eigenvalue weighted by atomic mass is 16.7. The topological polar surface area (TPSA) is 88.5 Å². The van der Waals surface area contributed by atoms with Crippen molar-refractivity contribution in [2.45, 2.75) is 44.6 Å². The van der Waals surface area contributed by atoms with Crippen LogP contribution in [0.15, 0.2) is 42.5 Å². The second-order valence-corrected chi connectivity index (χ2v) is 9.61. The molecule has 1 fully saturated rings. The third-order valence-electron chi connectivity index (χ3n) is 7.28. The van der Waals surface area contributed by atoms with E-state index < -0.39 is 17.9 Å². The molecule has 1 unspecified atom stereocenters. The Bertz CT molecular complexity index is 1060. The van der Waals surface area contributed by atoms with Crippen molar-refractivity contribution in [2.75, 3.05) is 40.6 Å². The fourth-order valence-corrected chi connectivity index (χ4v) is 5.27. The van der Waals surface area contributed by atoms with Gasteiger partial charge in [-0.2, -0.15) is 0 Å². The van der Waals surface area contributed by atoms with Gasteiger partial charge in [-0.3, -0.25) is 14.5 Å². The first kappa shape index (κ1) is 25.8. The van der Waals surface area contributed by atoms with Crippen LogP contribution in [-0.4, -0.2) is 67.4 Å². The average Bonchev–Trinajstić information content (AvgIpc) is 3.50. The molecular weight excluding hydrogens is 460 g/mol. The van der Waals surface area contributed by atoms with E-state index in [-0.39, 0.29) is 25.2 Å². The number of hydrogen-bond acceptors (Lipinski definition) is 6. The smallest absolute Gasteiger partial charge is 0.309 e. The van der Waals surface area contributed by atoms with Gasteiger partial charge in [0.05, 0.1) is 19.6 Å². The standard InChI is InChI=1S/C28H36N2O6/c1-4-5-6-7-14-29(2)25(31)17-30-16-22(20-10-13-23-24(15-20)36-18-35-23)26(28(32)33)27(30)19-8-11-21(34-3)12-9-19/h8-13,15,22,26-27H,4-7,14,16-18H2,1-3H3,(H,32,33)/t22?,26-,27+/m0/s1. The summed E-state index contributed by atoms with van der Waals surface area (Å²) >= 11 is 0. The lowest BCUT2D eigenvalue weighted by Gasteiger charge is -2.28. The van der Waals surface area contributed by atoms with Gasteiger partial charge >= 0.3 is 5.97 Å². The number of unbranched alkanes of at least 4 members (excludes halogenated alkanes) is 3. The van der Waals surface area contributed by atoms with E-state index in [1.807, 2.05) is 54.4 Å². The Morgan fingerprint density at radius 1 is 1.06 bits per heavy atom. The summed E-state index contributed by atoms with van der Waals surface area (Å²) in [6.45, 7) is 3.63. The molecule has 2 aromatic rings. The Balaban J connectivity index is 1.61. The van der Waals surface area contributed by atoms with Crippen LogP contribution in [0.25, 0.3) is 0 Å². The third-order valence-corrected chi connectivity index (χ3v) is 7.28. The number of carboxylic acid groups (broad SMARTS) is 1. The number of rotatable bonds is 11. The number of aliphatic carboxylic acids is 1. The number of carbonyl (C=O) groups excluding carboxylic acids is 1. The molecule has 194 valence electrons. The van der Waals surface area contributed by atoms with Crippen molar-refractivity contribution in [3.8, 4) is 17.2 Å². The van der Waals surface area contributed by atoms with Gasteiger partial charge in [-0.1, -0.05) is 44.4 Å². The van der Waals surface area contributed by atoms with Crippen LogP contribution in [0.5, 0.6) is 17.2 Å². The van der Waals surface area contributed by atoms with E-state index in [0.717, 1.165) is 36.8 Å². The first-order valence-corrected chi connectivity index (χ1v) is 12.7. The number of likely N-dealkylation sites (tertiary alicyclic amines) is 1. The predicted octanol–water partition coefficient (Wildman–Crippen LogP) is 4.30. The van der Waals surface area contributed by atoms with Crippen molar-refractivity contribution in [1.82, 2.24) is 9.80 Å². The lowest BCUT2D eigenvalue weighted by molar-refractivity contribution is -0.143. The maximum absolute atomic E-state index is 13.2. The van der Waals surface area contributed by atoms with Crippen LogP contribution in [0.3, 0.4) is 0 Å². The van der Waals surface area contributed by atoms with Crippen LogP contribution in [0.2, 0.25) is 0 Å². The number of nitrogens with zero attached hydrogens (tertiary/aromatic N) is 2. The van der Waals surface area contributed by atoms with Crippen LogP contribution < -0.4 is 14.2 Å². The lowest BCUT2D eigenvalue weighted by Crippen LogP contribution is -2.39. The molecule has 36 heavy (non-hydrogen) atoms. The minimum Gasteiger partial charge on any atom is -0.497 e. The van der Waals surface area contributed by atoms with Gasteiger partial charge in [0.15, 0.2) is 11.5 Å².